The Balaban J connectivity index is 1.03. The fourth-order valence-corrected chi connectivity index (χ4v) is 8.04. The monoisotopic (exact) mass is 497 g/mol. The number of rotatable bonds is 5. The molecule has 8 heteroatoms. The number of aliphatic hydroxyl groups excluding tert-OH is 1. The van der Waals surface area contributed by atoms with Crippen molar-refractivity contribution >= 4 is 17.7 Å². The van der Waals surface area contributed by atoms with E-state index >= 15 is 0 Å². The van der Waals surface area contributed by atoms with Gasteiger partial charge in [0.05, 0.1) is 11.5 Å². The van der Waals surface area contributed by atoms with Crippen LogP contribution in [0.1, 0.15) is 57.8 Å². The van der Waals surface area contributed by atoms with Gasteiger partial charge in [-0.25, -0.2) is 4.79 Å². The van der Waals surface area contributed by atoms with E-state index in [1.807, 2.05) is 12.1 Å². The highest BCUT2D eigenvalue weighted by molar-refractivity contribution is 5.83. The Morgan fingerprint density at radius 1 is 0.972 bits per heavy atom. The third kappa shape index (κ3) is 4.53. The van der Waals surface area contributed by atoms with Gasteiger partial charge in [0.15, 0.2) is 0 Å². The number of piperidine rings is 2. The summed E-state index contributed by atoms with van der Waals surface area (Å²) in [6, 6.07) is 8.34. The lowest BCUT2D eigenvalue weighted by atomic mass is 9.48. The van der Waals surface area contributed by atoms with Crippen molar-refractivity contribution in [1.82, 2.24) is 10.2 Å². The van der Waals surface area contributed by atoms with Crippen molar-refractivity contribution in [2.75, 3.05) is 31.1 Å². The molecule has 36 heavy (non-hydrogen) atoms. The van der Waals surface area contributed by atoms with Crippen LogP contribution in [0.2, 0.25) is 0 Å². The number of likely N-dealkylation sites (tertiary alicyclic amines) is 1. The molecule has 6 aliphatic rings. The molecule has 0 radical (unpaired) electrons. The van der Waals surface area contributed by atoms with Crippen LogP contribution >= 0.6 is 0 Å². The molecule has 4 bridgehead atoms. The Labute approximate surface area is 213 Å². The molecule has 196 valence electrons. The molecule has 2 unspecified atom stereocenters. The van der Waals surface area contributed by atoms with E-state index in [9.17, 15) is 14.7 Å². The van der Waals surface area contributed by atoms with E-state index < -0.39 is 6.09 Å². The molecule has 2 saturated heterocycles. The highest BCUT2D eigenvalue weighted by Crippen LogP contribution is 2.60. The highest BCUT2D eigenvalue weighted by Gasteiger charge is 2.58. The van der Waals surface area contributed by atoms with Crippen molar-refractivity contribution in [3.8, 4) is 5.75 Å². The minimum Gasteiger partial charge on any atom is -0.490 e. The first-order valence-electron chi connectivity index (χ1n) is 13.9. The van der Waals surface area contributed by atoms with Crippen LogP contribution in [0.15, 0.2) is 24.3 Å². The number of carbonyl (C=O) groups excluding carboxylic acids is 1. The van der Waals surface area contributed by atoms with Crippen molar-refractivity contribution in [1.29, 1.82) is 0 Å². The quantitative estimate of drug-likeness (QED) is 0.576. The average molecular weight is 498 g/mol. The van der Waals surface area contributed by atoms with Crippen LogP contribution in [0, 0.1) is 23.2 Å². The SMILES string of the molecule is O=C(O)N1CCC(Oc2ccc(N3CCC[C@H](NC(=O)C45CC6CC(C4)C(O)C(C6)C5)C3)cc2)CC1. The second-order valence-corrected chi connectivity index (χ2v) is 12.1. The molecule has 3 atom stereocenters. The molecule has 8 nitrogen and oxygen atoms in total. The van der Waals surface area contributed by atoms with Gasteiger partial charge in [0.1, 0.15) is 11.9 Å². The van der Waals surface area contributed by atoms with Gasteiger partial charge in [0.25, 0.3) is 0 Å². The fraction of sp³-hybridized carbons (Fsp3) is 0.714. The van der Waals surface area contributed by atoms with Gasteiger partial charge in [0, 0.05) is 50.7 Å². The van der Waals surface area contributed by atoms with Crippen molar-refractivity contribution in [3.63, 3.8) is 0 Å². The lowest BCUT2D eigenvalue weighted by Gasteiger charge is -2.58. The van der Waals surface area contributed by atoms with E-state index in [1.165, 1.54) is 4.90 Å². The Morgan fingerprint density at radius 3 is 2.33 bits per heavy atom. The zero-order valence-corrected chi connectivity index (χ0v) is 21.0. The number of hydrogen-bond donors (Lipinski definition) is 3. The molecule has 2 heterocycles. The number of nitrogens with one attached hydrogen (secondary N) is 1. The molecule has 4 aliphatic carbocycles. The first-order chi connectivity index (χ1) is 17.4. The molecule has 4 saturated carbocycles. The third-order valence-corrected chi connectivity index (χ3v) is 9.68. The van der Waals surface area contributed by atoms with Crippen LogP contribution in [0.3, 0.4) is 0 Å². The lowest BCUT2D eigenvalue weighted by molar-refractivity contribution is -0.163. The molecule has 3 N–H and O–H groups in total. The van der Waals surface area contributed by atoms with E-state index in [2.05, 4.69) is 22.3 Å². The van der Waals surface area contributed by atoms with Gasteiger partial charge in [-0.3, -0.25) is 4.79 Å². The summed E-state index contributed by atoms with van der Waals surface area (Å²) in [7, 11) is 0. The Hall–Kier alpha value is -2.48. The summed E-state index contributed by atoms with van der Waals surface area (Å²) < 4.78 is 6.11. The zero-order chi connectivity index (χ0) is 24.9. The molecule has 1 aromatic carbocycles. The minimum atomic E-state index is -0.856. The zero-order valence-electron chi connectivity index (χ0n) is 21.0. The van der Waals surface area contributed by atoms with Crippen molar-refractivity contribution < 1.29 is 24.5 Å². The van der Waals surface area contributed by atoms with Crippen molar-refractivity contribution in [2.24, 2.45) is 23.2 Å². The molecule has 0 spiro atoms. The number of carboxylic acid groups (broad SMARTS) is 1. The second kappa shape index (κ2) is 9.43. The van der Waals surface area contributed by atoms with Crippen LogP contribution in [0.5, 0.6) is 5.75 Å². The largest absolute Gasteiger partial charge is 0.490 e. The first kappa shape index (κ1) is 23.9. The van der Waals surface area contributed by atoms with Gasteiger partial charge in [0.2, 0.25) is 5.91 Å². The summed E-state index contributed by atoms with van der Waals surface area (Å²) in [6.45, 7) is 2.82. The smallest absolute Gasteiger partial charge is 0.407 e. The molecule has 0 aromatic heterocycles. The highest BCUT2D eigenvalue weighted by atomic mass is 16.5. The van der Waals surface area contributed by atoms with Crippen LogP contribution in [0.25, 0.3) is 0 Å². The van der Waals surface area contributed by atoms with E-state index in [-0.39, 0.29) is 29.6 Å². The van der Waals surface area contributed by atoms with Crippen LogP contribution in [-0.2, 0) is 4.79 Å². The minimum absolute atomic E-state index is 0.0479. The maximum atomic E-state index is 13.5. The summed E-state index contributed by atoms with van der Waals surface area (Å²) in [5.74, 6) is 2.30. The van der Waals surface area contributed by atoms with E-state index in [0.717, 1.165) is 69.5 Å². The predicted molar refractivity (Wildman–Crippen MR) is 135 cm³/mol. The molecule has 1 aromatic rings. The van der Waals surface area contributed by atoms with Gasteiger partial charge in [-0.1, -0.05) is 0 Å². The predicted octanol–water partition coefficient (Wildman–Crippen LogP) is 3.48. The fourth-order valence-electron chi connectivity index (χ4n) is 8.04. The standard InChI is InChI=1S/C28H39N3O5/c32-25-19-12-18-13-20(25)16-28(14-18,15-19)26(33)29-21-2-1-9-31(17-21)22-3-5-23(6-4-22)36-24-7-10-30(11-8-24)27(34)35/h3-6,18-21,24-25,32H,1-2,7-17H2,(H,29,33)(H,34,35)/t18?,19?,20?,21-,25?,28?/m0/s1. The third-order valence-electron chi connectivity index (χ3n) is 9.68. The first-order valence-corrected chi connectivity index (χ1v) is 13.9. The number of anilines is 1. The molecule has 2 amide bonds. The molecule has 7 rings (SSSR count). The number of hydrogen-bond acceptors (Lipinski definition) is 5. The Bertz CT molecular complexity index is 960. The number of aliphatic hydroxyl groups is 1. The molecular weight excluding hydrogens is 458 g/mol. The van der Waals surface area contributed by atoms with Gasteiger partial charge in [-0.05, 0) is 87.0 Å². The van der Waals surface area contributed by atoms with Crippen molar-refractivity contribution in [2.45, 2.75) is 76.0 Å². The normalized spacial score (nSPS) is 36.1. The van der Waals surface area contributed by atoms with E-state index in [1.54, 1.807) is 0 Å². The van der Waals surface area contributed by atoms with E-state index in [0.29, 0.717) is 43.7 Å². The van der Waals surface area contributed by atoms with Gasteiger partial charge >= 0.3 is 6.09 Å². The summed E-state index contributed by atoms with van der Waals surface area (Å²) in [4.78, 5) is 28.4. The Kier molecular flexibility index (Phi) is 6.26. The number of amides is 2. The van der Waals surface area contributed by atoms with Gasteiger partial charge in [-0.2, -0.15) is 0 Å². The van der Waals surface area contributed by atoms with Gasteiger partial charge in [-0.15, -0.1) is 0 Å². The maximum Gasteiger partial charge on any atom is 0.407 e. The second-order valence-electron chi connectivity index (χ2n) is 12.1. The number of nitrogens with zero attached hydrogens (tertiary/aromatic N) is 2. The lowest BCUT2D eigenvalue weighted by Crippen LogP contribution is -2.60. The van der Waals surface area contributed by atoms with Crippen LogP contribution in [0.4, 0.5) is 10.5 Å². The molecule has 2 aliphatic heterocycles. The number of carbonyl (C=O) groups is 2. The van der Waals surface area contributed by atoms with Crippen LogP contribution < -0.4 is 15.0 Å². The summed E-state index contributed by atoms with van der Waals surface area (Å²) in [5.41, 5.74) is 0.886. The number of benzene rings is 1. The number of ether oxygens (including phenoxy) is 1. The summed E-state index contributed by atoms with van der Waals surface area (Å²) in [6.07, 6.45) is 7.41. The average Bonchev–Trinajstić information content (AvgIpc) is 2.87. The topological polar surface area (TPSA) is 102 Å². The maximum absolute atomic E-state index is 13.5. The molecular formula is C28H39N3O5. The van der Waals surface area contributed by atoms with Gasteiger partial charge < -0.3 is 30.1 Å². The summed E-state index contributed by atoms with van der Waals surface area (Å²) >= 11 is 0. The Morgan fingerprint density at radius 2 is 1.67 bits per heavy atom. The molecule has 6 fully saturated rings. The summed E-state index contributed by atoms with van der Waals surface area (Å²) in [5, 5.41) is 23.1. The van der Waals surface area contributed by atoms with Crippen LogP contribution in [-0.4, -0.2) is 71.5 Å². The van der Waals surface area contributed by atoms with Crippen molar-refractivity contribution in [3.05, 3.63) is 24.3 Å². The van der Waals surface area contributed by atoms with E-state index in [4.69, 9.17) is 9.84 Å².